The molecule has 3 heteroatoms. The molecule has 0 aromatic rings. The summed E-state index contributed by atoms with van der Waals surface area (Å²) in [6.07, 6.45) is 0.982. The predicted octanol–water partition coefficient (Wildman–Crippen LogP) is 0.337. The molecule has 0 aromatic carbocycles. The predicted molar refractivity (Wildman–Crippen MR) is 33.4 cm³/mol. The molecule has 0 saturated carbocycles. The summed E-state index contributed by atoms with van der Waals surface area (Å²) in [5.41, 5.74) is 0. The number of carbonyl (C=O) groups excluding carboxylic acids is 1. The summed E-state index contributed by atoms with van der Waals surface area (Å²) in [5, 5.41) is 0. The van der Waals surface area contributed by atoms with Crippen LogP contribution in [0.1, 0.15) is 13.3 Å². The van der Waals surface area contributed by atoms with Crippen LogP contribution >= 0.6 is 0 Å². The van der Waals surface area contributed by atoms with Gasteiger partial charge in [-0.15, -0.1) is 0 Å². The van der Waals surface area contributed by atoms with Crippen LogP contribution in [0.5, 0.6) is 0 Å². The van der Waals surface area contributed by atoms with E-state index in [9.17, 15) is 4.79 Å². The van der Waals surface area contributed by atoms with E-state index in [4.69, 9.17) is 9.47 Å². The smallest absolute Gasteiger partial charge is 0.311 e. The molecule has 56 valence electrons. The van der Waals surface area contributed by atoms with Crippen LogP contribution in [0, 0.1) is 5.92 Å². The lowest BCUT2D eigenvalue weighted by Gasteiger charge is -2.06. The lowest BCUT2D eigenvalue weighted by molar-refractivity contribution is -0.144. The van der Waals surface area contributed by atoms with Crippen molar-refractivity contribution < 1.29 is 14.3 Å². The second kappa shape index (κ2) is 1.95. The van der Waals surface area contributed by atoms with Crippen LogP contribution in [0.3, 0.4) is 0 Å². The molecule has 0 aliphatic carbocycles. The first-order valence-corrected chi connectivity index (χ1v) is 3.61. The van der Waals surface area contributed by atoms with Gasteiger partial charge >= 0.3 is 5.97 Å². The maximum absolute atomic E-state index is 10.9. The van der Waals surface area contributed by atoms with Gasteiger partial charge in [-0.1, -0.05) is 0 Å². The van der Waals surface area contributed by atoms with Gasteiger partial charge in [0.15, 0.2) is 0 Å². The normalized spacial score (nSPS) is 45.3. The van der Waals surface area contributed by atoms with E-state index in [1.807, 2.05) is 6.92 Å². The summed E-state index contributed by atoms with van der Waals surface area (Å²) < 4.78 is 10.3. The zero-order valence-electron chi connectivity index (χ0n) is 5.87. The van der Waals surface area contributed by atoms with Crippen molar-refractivity contribution >= 4 is 5.97 Å². The highest BCUT2D eigenvalue weighted by Gasteiger charge is 2.45. The fraction of sp³-hybridized carbons (Fsp3) is 0.857. The molecule has 0 spiro atoms. The third kappa shape index (κ3) is 0.669. The Hall–Kier alpha value is -0.570. The third-order valence-electron chi connectivity index (χ3n) is 2.21. The Labute approximate surface area is 59.3 Å². The molecule has 0 amide bonds. The first kappa shape index (κ1) is 6.16. The Bertz CT molecular complexity index is 166. The summed E-state index contributed by atoms with van der Waals surface area (Å²) in [7, 11) is 0. The molecule has 2 aliphatic rings. The van der Waals surface area contributed by atoms with E-state index in [2.05, 4.69) is 0 Å². The van der Waals surface area contributed by atoms with Crippen LogP contribution in [0.15, 0.2) is 0 Å². The summed E-state index contributed by atoms with van der Waals surface area (Å²) in [5.74, 6) is -0.151. The molecule has 3 nitrogen and oxygen atoms in total. The summed E-state index contributed by atoms with van der Waals surface area (Å²) >= 11 is 0. The van der Waals surface area contributed by atoms with Crippen molar-refractivity contribution in [3.8, 4) is 0 Å². The van der Waals surface area contributed by atoms with Crippen molar-refractivity contribution in [3.63, 3.8) is 0 Å². The number of ether oxygens (including phenoxy) is 2. The summed E-state index contributed by atoms with van der Waals surface area (Å²) in [6.45, 7) is 2.60. The fourth-order valence-corrected chi connectivity index (χ4v) is 1.57. The second-order valence-corrected chi connectivity index (χ2v) is 2.89. The van der Waals surface area contributed by atoms with E-state index in [1.165, 1.54) is 0 Å². The first-order valence-electron chi connectivity index (χ1n) is 3.61. The van der Waals surface area contributed by atoms with E-state index in [0.717, 1.165) is 13.0 Å². The molecule has 0 bridgehead atoms. The molecule has 1 unspecified atom stereocenters. The molecule has 2 rings (SSSR count). The second-order valence-electron chi connectivity index (χ2n) is 2.89. The molecule has 2 saturated heterocycles. The number of esters is 1. The minimum absolute atomic E-state index is 0.0486. The van der Waals surface area contributed by atoms with Gasteiger partial charge in [0, 0.05) is 6.42 Å². The molecule has 0 aromatic heterocycles. The monoisotopic (exact) mass is 142 g/mol. The fourth-order valence-electron chi connectivity index (χ4n) is 1.57. The van der Waals surface area contributed by atoms with Crippen molar-refractivity contribution in [1.29, 1.82) is 0 Å². The Morgan fingerprint density at radius 1 is 1.60 bits per heavy atom. The highest BCUT2D eigenvalue weighted by Crippen LogP contribution is 2.30. The maximum atomic E-state index is 10.9. The van der Waals surface area contributed by atoms with E-state index >= 15 is 0 Å². The lowest BCUT2D eigenvalue weighted by atomic mass is 10.0. The molecular formula is C7H10O3. The highest BCUT2D eigenvalue weighted by atomic mass is 16.6. The molecule has 2 fully saturated rings. The highest BCUT2D eigenvalue weighted by molar-refractivity contribution is 5.75. The van der Waals surface area contributed by atoms with Crippen molar-refractivity contribution in [1.82, 2.24) is 0 Å². The van der Waals surface area contributed by atoms with Gasteiger partial charge in [0.05, 0.1) is 12.5 Å². The zero-order valence-corrected chi connectivity index (χ0v) is 5.87. The van der Waals surface area contributed by atoms with Crippen LogP contribution in [0.25, 0.3) is 0 Å². The van der Waals surface area contributed by atoms with Gasteiger partial charge in [-0.2, -0.15) is 0 Å². The summed E-state index contributed by atoms with van der Waals surface area (Å²) in [4.78, 5) is 10.9. The maximum Gasteiger partial charge on any atom is 0.311 e. The molecule has 2 heterocycles. The first-order chi connectivity index (χ1) is 4.79. The van der Waals surface area contributed by atoms with E-state index in [0.29, 0.717) is 0 Å². The van der Waals surface area contributed by atoms with Crippen LogP contribution in [-0.2, 0) is 14.3 Å². The minimum atomic E-state index is -0.102. The van der Waals surface area contributed by atoms with Gasteiger partial charge in [0.1, 0.15) is 12.2 Å². The van der Waals surface area contributed by atoms with E-state index < -0.39 is 0 Å². The SMILES string of the molecule is C[C@@H]1C(=O)O[C@@H]2CCOC12. The standard InChI is InChI=1S/C7H10O3/c1-4-6-5(2-3-9-6)10-7(4)8/h4-6H,2-3H2,1H3/t4-,5+,6?/m0/s1. The largest absolute Gasteiger partial charge is 0.459 e. The third-order valence-corrected chi connectivity index (χ3v) is 2.21. The van der Waals surface area contributed by atoms with Gasteiger partial charge in [-0.25, -0.2) is 0 Å². The van der Waals surface area contributed by atoms with Crippen LogP contribution in [0.4, 0.5) is 0 Å². The van der Waals surface area contributed by atoms with Crippen molar-refractivity contribution in [2.45, 2.75) is 25.6 Å². The minimum Gasteiger partial charge on any atom is -0.459 e. The molecule has 10 heavy (non-hydrogen) atoms. The van der Waals surface area contributed by atoms with Gasteiger partial charge in [0.2, 0.25) is 0 Å². The van der Waals surface area contributed by atoms with Crippen molar-refractivity contribution in [2.24, 2.45) is 5.92 Å². The van der Waals surface area contributed by atoms with Gasteiger partial charge in [-0.3, -0.25) is 4.79 Å². The molecular weight excluding hydrogens is 132 g/mol. The molecule has 0 N–H and O–H groups in total. The quantitative estimate of drug-likeness (QED) is 0.457. The number of hydrogen-bond donors (Lipinski definition) is 0. The van der Waals surface area contributed by atoms with Crippen LogP contribution in [-0.4, -0.2) is 24.8 Å². The van der Waals surface area contributed by atoms with Gasteiger partial charge < -0.3 is 9.47 Å². The van der Waals surface area contributed by atoms with Crippen molar-refractivity contribution in [2.75, 3.05) is 6.61 Å². The number of carbonyl (C=O) groups is 1. The Kier molecular flexibility index (Phi) is 1.20. The Morgan fingerprint density at radius 3 is 3.10 bits per heavy atom. The summed E-state index contributed by atoms with van der Waals surface area (Å²) in [6, 6.07) is 0. The zero-order chi connectivity index (χ0) is 7.14. The molecule has 2 aliphatic heterocycles. The topological polar surface area (TPSA) is 35.5 Å². The van der Waals surface area contributed by atoms with Crippen molar-refractivity contribution in [3.05, 3.63) is 0 Å². The molecule has 0 radical (unpaired) electrons. The van der Waals surface area contributed by atoms with Crippen LogP contribution < -0.4 is 0 Å². The number of rotatable bonds is 0. The van der Waals surface area contributed by atoms with Gasteiger partial charge in [0.25, 0.3) is 0 Å². The Balaban J connectivity index is 2.16. The lowest BCUT2D eigenvalue weighted by Crippen LogP contribution is -2.20. The number of fused-ring (bicyclic) bond motifs is 1. The van der Waals surface area contributed by atoms with E-state index in [-0.39, 0.29) is 24.1 Å². The van der Waals surface area contributed by atoms with E-state index in [1.54, 1.807) is 0 Å². The number of hydrogen-bond acceptors (Lipinski definition) is 3. The average molecular weight is 142 g/mol. The molecule has 3 atom stereocenters. The average Bonchev–Trinajstić information content (AvgIpc) is 2.41. The van der Waals surface area contributed by atoms with Crippen LogP contribution in [0.2, 0.25) is 0 Å². The van der Waals surface area contributed by atoms with Gasteiger partial charge in [-0.05, 0) is 6.92 Å². The Morgan fingerprint density at radius 2 is 2.40 bits per heavy atom.